The van der Waals surface area contributed by atoms with Crippen molar-refractivity contribution in [3.63, 3.8) is 0 Å². The molecule has 0 radical (unpaired) electrons. The lowest BCUT2D eigenvalue weighted by molar-refractivity contribution is 0.0338. The second kappa shape index (κ2) is 6.62. The van der Waals surface area contributed by atoms with Crippen LogP contribution in [0, 0.1) is 0 Å². The summed E-state index contributed by atoms with van der Waals surface area (Å²) >= 11 is 0. The van der Waals surface area contributed by atoms with Crippen molar-refractivity contribution in [2.24, 2.45) is 0 Å². The van der Waals surface area contributed by atoms with E-state index in [0.717, 1.165) is 11.8 Å². The molecule has 116 valence electrons. The van der Waals surface area contributed by atoms with Crippen LogP contribution in [0.25, 0.3) is 0 Å². The molecule has 22 heavy (non-hydrogen) atoms. The van der Waals surface area contributed by atoms with Crippen LogP contribution in [-0.2, 0) is 14.8 Å². The minimum atomic E-state index is -3.33. The fraction of sp³-hybridized carbons (Fsp3) is 0.188. The van der Waals surface area contributed by atoms with Crippen molar-refractivity contribution in [1.29, 1.82) is 0 Å². The van der Waals surface area contributed by atoms with Gasteiger partial charge in [0.15, 0.2) is 0 Å². The summed E-state index contributed by atoms with van der Waals surface area (Å²) in [5.74, 6) is -0.456. The summed E-state index contributed by atoms with van der Waals surface area (Å²) in [6.07, 6.45) is 0.707. The molecule has 0 amide bonds. The largest absolute Gasteiger partial charge is 0.454 e. The van der Waals surface area contributed by atoms with Crippen LogP contribution >= 0.6 is 0 Å². The zero-order chi connectivity index (χ0) is 16.2. The second-order valence-electron chi connectivity index (χ2n) is 4.91. The summed E-state index contributed by atoms with van der Waals surface area (Å²) in [5.41, 5.74) is 1.67. The third-order valence-corrected chi connectivity index (χ3v) is 3.58. The lowest BCUT2D eigenvalue weighted by Crippen LogP contribution is -2.11. The van der Waals surface area contributed by atoms with Gasteiger partial charge < -0.3 is 4.74 Å². The van der Waals surface area contributed by atoms with Gasteiger partial charge in [0.25, 0.3) is 0 Å². The minimum absolute atomic E-state index is 0.359. The van der Waals surface area contributed by atoms with Gasteiger partial charge in [-0.2, -0.15) is 0 Å². The predicted octanol–water partition coefficient (Wildman–Crippen LogP) is 2.98. The van der Waals surface area contributed by atoms with Gasteiger partial charge in [0, 0.05) is 5.69 Å². The molecule has 0 saturated heterocycles. The van der Waals surface area contributed by atoms with E-state index in [0.29, 0.717) is 11.3 Å². The molecule has 0 aromatic heterocycles. The van der Waals surface area contributed by atoms with Gasteiger partial charge in [0.2, 0.25) is 10.0 Å². The standard InChI is InChI=1S/C16H17NO4S/c1-12(13-6-4-3-5-7-13)21-16(18)14-8-10-15(11-9-14)17-22(2,19)20/h3-12,17H,1-2H3. The number of hydrogen-bond acceptors (Lipinski definition) is 4. The van der Waals surface area contributed by atoms with Crippen molar-refractivity contribution in [2.45, 2.75) is 13.0 Å². The van der Waals surface area contributed by atoms with Crippen molar-refractivity contribution in [2.75, 3.05) is 11.0 Å². The van der Waals surface area contributed by atoms with Crippen molar-refractivity contribution in [3.8, 4) is 0 Å². The minimum Gasteiger partial charge on any atom is -0.454 e. The van der Waals surface area contributed by atoms with Crippen LogP contribution in [0.4, 0.5) is 5.69 Å². The van der Waals surface area contributed by atoms with E-state index in [1.807, 2.05) is 30.3 Å². The first-order valence-corrected chi connectivity index (χ1v) is 8.58. The van der Waals surface area contributed by atoms with Gasteiger partial charge in [-0.05, 0) is 36.8 Å². The number of anilines is 1. The Hall–Kier alpha value is -2.34. The number of sulfonamides is 1. The summed E-state index contributed by atoms with van der Waals surface area (Å²) in [6, 6.07) is 15.5. The highest BCUT2D eigenvalue weighted by Gasteiger charge is 2.13. The maximum absolute atomic E-state index is 12.1. The maximum Gasteiger partial charge on any atom is 0.338 e. The zero-order valence-electron chi connectivity index (χ0n) is 12.3. The van der Waals surface area contributed by atoms with Gasteiger partial charge in [-0.15, -0.1) is 0 Å². The first-order valence-electron chi connectivity index (χ1n) is 6.69. The molecule has 2 aromatic rings. The number of ether oxygens (including phenoxy) is 1. The molecule has 5 nitrogen and oxygen atoms in total. The van der Waals surface area contributed by atoms with E-state index < -0.39 is 16.0 Å². The molecular weight excluding hydrogens is 302 g/mol. The monoisotopic (exact) mass is 319 g/mol. The Morgan fingerprint density at radius 1 is 1.05 bits per heavy atom. The summed E-state index contributed by atoms with van der Waals surface area (Å²) in [7, 11) is -3.33. The average Bonchev–Trinajstić information content (AvgIpc) is 2.47. The third kappa shape index (κ3) is 4.60. The van der Waals surface area contributed by atoms with E-state index >= 15 is 0 Å². The molecular formula is C16H17NO4S. The SMILES string of the molecule is CC(OC(=O)c1ccc(NS(C)(=O)=O)cc1)c1ccccc1. The van der Waals surface area contributed by atoms with Crippen LogP contribution in [0.2, 0.25) is 0 Å². The van der Waals surface area contributed by atoms with Crippen LogP contribution in [0.5, 0.6) is 0 Å². The lowest BCUT2D eigenvalue weighted by Gasteiger charge is -2.13. The molecule has 6 heteroatoms. The molecule has 0 spiro atoms. The molecule has 0 saturated carbocycles. The number of carbonyl (C=O) groups excluding carboxylic acids is 1. The third-order valence-electron chi connectivity index (χ3n) is 2.98. The second-order valence-corrected chi connectivity index (χ2v) is 6.66. The molecule has 1 unspecified atom stereocenters. The maximum atomic E-state index is 12.1. The smallest absolute Gasteiger partial charge is 0.338 e. The van der Waals surface area contributed by atoms with Gasteiger partial charge in [-0.25, -0.2) is 13.2 Å². The normalized spacial score (nSPS) is 12.5. The van der Waals surface area contributed by atoms with E-state index in [9.17, 15) is 13.2 Å². The van der Waals surface area contributed by atoms with E-state index in [2.05, 4.69) is 4.72 Å². The molecule has 1 atom stereocenters. The number of esters is 1. The zero-order valence-corrected chi connectivity index (χ0v) is 13.1. The first kappa shape index (κ1) is 16.0. The van der Waals surface area contributed by atoms with Crippen LogP contribution in [0.3, 0.4) is 0 Å². The molecule has 0 aliphatic heterocycles. The van der Waals surface area contributed by atoms with E-state index in [-0.39, 0.29) is 6.10 Å². The number of benzene rings is 2. The van der Waals surface area contributed by atoms with E-state index in [1.165, 1.54) is 24.3 Å². The van der Waals surface area contributed by atoms with Crippen LogP contribution in [0.1, 0.15) is 28.9 Å². The van der Waals surface area contributed by atoms with E-state index in [1.54, 1.807) is 6.92 Å². The fourth-order valence-corrected chi connectivity index (χ4v) is 2.47. The van der Waals surface area contributed by atoms with Gasteiger partial charge in [0.05, 0.1) is 11.8 Å². The molecule has 0 heterocycles. The summed E-state index contributed by atoms with van der Waals surface area (Å²) in [5, 5.41) is 0. The Morgan fingerprint density at radius 3 is 2.18 bits per heavy atom. The highest BCUT2D eigenvalue weighted by atomic mass is 32.2. The first-order chi connectivity index (χ1) is 10.3. The number of nitrogens with one attached hydrogen (secondary N) is 1. The summed E-state index contributed by atoms with van der Waals surface area (Å²) < 4.78 is 30.0. The number of rotatable bonds is 5. The predicted molar refractivity (Wildman–Crippen MR) is 85.2 cm³/mol. The van der Waals surface area contributed by atoms with Crippen molar-refractivity contribution in [3.05, 3.63) is 65.7 Å². The quantitative estimate of drug-likeness (QED) is 0.860. The molecule has 0 aliphatic rings. The highest BCUT2D eigenvalue weighted by Crippen LogP contribution is 2.19. The molecule has 2 rings (SSSR count). The fourth-order valence-electron chi connectivity index (χ4n) is 1.91. The van der Waals surface area contributed by atoms with Gasteiger partial charge in [0.1, 0.15) is 6.10 Å². The van der Waals surface area contributed by atoms with Gasteiger partial charge in [-0.1, -0.05) is 30.3 Å². The van der Waals surface area contributed by atoms with Gasteiger partial charge in [-0.3, -0.25) is 4.72 Å². The van der Waals surface area contributed by atoms with Crippen molar-refractivity contribution < 1.29 is 17.9 Å². The Bertz CT molecular complexity index is 739. The van der Waals surface area contributed by atoms with Gasteiger partial charge >= 0.3 is 5.97 Å². The van der Waals surface area contributed by atoms with Crippen LogP contribution in [0.15, 0.2) is 54.6 Å². The summed E-state index contributed by atoms with van der Waals surface area (Å²) in [4.78, 5) is 12.1. The molecule has 0 bridgehead atoms. The number of carbonyl (C=O) groups is 1. The molecule has 0 fully saturated rings. The molecule has 2 aromatic carbocycles. The van der Waals surface area contributed by atoms with Crippen LogP contribution in [-0.4, -0.2) is 20.6 Å². The lowest BCUT2D eigenvalue weighted by atomic mass is 10.1. The number of hydrogen-bond donors (Lipinski definition) is 1. The summed E-state index contributed by atoms with van der Waals surface area (Å²) in [6.45, 7) is 1.80. The highest BCUT2D eigenvalue weighted by molar-refractivity contribution is 7.92. The topological polar surface area (TPSA) is 72.5 Å². The Labute approximate surface area is 130 Å². The molecule has 1 N–H and O–H groups in total. The Morgan fingerprint density at radius 2 is 1.64 bits per heavy atom. The Kier molecular flexibility index (Phi) is 4.82. The average molecular weight is 319 g/mol. The van der Waals surface area contributed by atoms with Crippen molar-refractivity contribution in [1.82, 2.24) is 0 Å². The molecule has 0 aliphatic carbocycles. The van der Waals surface area contributed by atoms with Crippen molar-refractivity contribution >= 4 is 21.7 Å². The Balaban J connectivity index is 2.04. The van der Waals surface area contributed by atoms with E-state index in [4.69, 9.17) is 4.74 Å². The van der Waals surface area contributed by atoms with Crippen LogP contribution < -0.4 is 4.72 Å².